The number of hydrogen-bond acceptors (Lipinski definition) is 7. The van der Waals surface area contributed by atoms with Crippen LogP contribution < -0.4 is 10.6 Å². The highest BCUT2D eigenvalue weighted by atomic mass is 32.1. The molecule has 3 rings (SSSR count). The summed E-state index contributed by atoms with van der Waals surface area (Å²) < 4.78 is 10.4. The Morgan fingerprint density at radius 2 is 1.88 bits per heavy atom. The van der Waals surface area contributed by atoms with Crippen molar-refractivity contribution in [3.8, 4) is 0 Å². The summed E-state index contributed by atoms with van der Waals surface area (Å²) in [7, 11) is 0. The molecule has 0 aliphatic heterocycles. The van der Waals surface area contributed by atoms with Gasteiger partial charge in [-0.25, -0.2) is 4.79 Å². The van der Waals surface area contributed by atoms with E-state index in [-0.39, 0.29) is 30.5 Å². The molecule has 0 unspecified atom stereocenters. The summed E-state index contributed by atoms with van der Waals surface area (Å²) in [6.45, 7) is 2.36. The molecular weight excluding hydrogens is 460 g/mol. The normalized spacial score (nSPS) is 12.0. The zero-order valence-corrected chi connectivity index (χ0v) is 20.2. The van der Waals surface area contributed by atoms with Crippen molar-refractivity contribution in [2.45, 2.75) is 51.9 Å². The summed E-state index contributed by atoms with van der Waals surface area (Å²) in [5, 5.41) is 6.19. The van der Waals surface area contributed by atoms with Gasteiger partial charge in [0.2, 0.25) is 5.91 Å². The number of thiophene rings is 1. The number of carbonyl (C=O) groups excluding carboxylic acids is 3. The van der Waals surface area contributed by atoms with Crippen LogP contribution in [0.5, 0.6) is 0 Å². The fourth-order valence-electron chi connectivity index (χ4n) is 3.63. The van der Waals surface area contributed by atoms with Crippen molar-refractivity contribution >= 4 is 51.5 Å². The topological polar surface area (TPSA) is 93.7 Å². The molecule has 2 aromatic rings. The molecule has 0 fully saturated rings. The summed E-state index contributed by atoms with van der Waals surface area (Å²) in [5.74, 6) is -1.20. The number of rotatable bonds is 10. The van der Waals surface area contributed by atoms with Gasteiger partial charge in [0.1, 0.15) is 5.00 Å². The van der Waals surface area contributed by atoms with Gasteiger partial charge in [-0.15, -0.1) is 11.3 Å². The van der Waals surface area contributed by atoms with Gasteiger partial charge in [-0.3, -0.25) is 9.59 Å². The zero-order valence-electron chi connectivity index (χ0n) is 18.6. The van der Waals surface area contributed by atoms with Gasteiger partial charge in [0.25, 0.3) is 0 Å². The molecule has 0 radical (unpaired) electrons. The van der Waals surface area contributed by atoms with Crippen LogP contribution in [0, 0.1) is 0 Å². The lowest BCUT2D eigenvalue weighted by Gasteiger charge is -2.11. The molecule has 1 amide bonds. The van der Waals surface area contributed by atoms with Crippen LogP contribution in [-0.2, 0) is 38.3 Å². The van der Waals surface area contributed by atoms with Gasteiger partial charge in [-0.1, -0.05) is 30.3 Å². The summed E-state index contributed by atoms with van der Waals surface area (Å²) in [4.78, 5) is 37.6. The third kappa shape index (κ3) is 7.36. The van der Waals surface area contributed by atoms with Crippen molar-refractivity contribution in [3.05, 3.63) is 51.9 Å². The summed E-state index contributed by atoms with van der Waals surface area (Å²) in [6.07, 6.45) is 4.25. The average molecular weight is 489 g/mol. The highest BCUT2D eigenvalue weighted by Gasteiger charge is 2.28. The van der Waals surface area contributed by atoms with Gasteiger partial charge in [0, 0.05) is 11.3 Å². The Kier molecular flexibility index (Phi) is 9.38. The van der Waals surface area contributed by atoms with Gasteiger partial charge in [-0.05, 0) is 62.4 Å². The van der Waals surface area contributed by atoms with Gasteiger partial charge >= 0.3 is 11.9 Å². The van der Waals surface area contributed by atoms with E-state index in [2.05, 4.69) is 10.6 Å². The Morgan fingerprint density at radius 1 is 1.09 bits per heavy atom. The Balaban J connectivity index is 1.40. The van der Waals surface area contributed by atoms with E-state index in [0.717, 1.165) is 42.5 Å². The molecule has 1 heterocycles. The molecule has 1 aliphatic rings. The average Bonchev–Trinajstić information content (AvgIpc) is 3.37. The van der Waals surface area contributed by atoms with Crippen molar-refractivity contribution in [1.29, 1.82) is 0 Å². The monoisotopic (exact) mass is 488 g/mol. The second kappa shape index (κ2) is 12.5. The lowest BCUT2D eigenvalue weighted by Crippen LogP contribution is -2.34. The molecule has 2 N–H and O–H groups in total. The standard InChI is InChI=1S/C24H28N2O5S2/c1-2-30-23(29)21-17-11-6-12-18(17)33-22(21)26-24(32)25-19(27)13-14-20(28)31-15-7-10-16-8-4-3-5-9-16/h3-5,8-9H,2,6-7,10-15H2,1H3,(H2,25,26,27,32). The molecule has 0 spiro atoms. The lowest BCUT2D eigenvalue weighted by molar-refractivity contribution is -0.145. The largest absolute Gasteiger partial charge is 0.466 e. The van der Waals surface area contributed by atoms with Crippen LogP contribution in [0.15, 0.2) is 30.3 Å². The third-order valence-electron chi connectivity index (χ3n) is 5.15. The van der Waals surface area contributed by atoms with Crippen LogP contribution in [0.2, 0.25) is 0 Å². The van der Waals surface area contributed by atoms with Crippen LogP contribution in [0.25, 0.3) is 0 Å². The zero-order chi connectivity index (χ0) is 23.6. The molecule has 0 atom stereocenters. The summed E-state index contributed by atoms with van der Waals surface area (Å²) in [5.41, 5.74) is 2.70. The Hall–Kier alpha value is -2.78. The van der Waals surface area contributed by atoms with Gasteiger partial charge < -0.3 is 20.1 Å². The van der Waals surface area contributed by atoms with Crippen molar-refractivity contribution in [2.24, 2.45) is 0 Å². The SMILES string of the molecule is CCOC(=O)c1c(NC(=S)NC(=O)CCC(=O)OCCCc2ccccc2)sc2c1CCC2. The van der Waals surface area contributed by atoms with Crippen molar-refractivity contribution < 1.29 is 23.9 Å². The van der Waals surface area contributed by atoms with Gasteiger partial charge in [-0.2, -0.15) is 0 Å². The molecule has 1 aromatic heterocycles. The highest BCUT2D eigenvalue weighted by molar-refractivity contribution is 7.80. The number of hydrogen-bond donors (Lipinski definition) is 2. The second-order valence-electron chi connectivity index (χ2n) is 7.59. The maximum Gasteiger partial charge on any atom is 0.341 e. The summed E-state index contributed by atoms with van der Waals surface area (Å²) >= 11 is 6.70. The predicted molar refractivity (Wildman–Crippen MR) is 132 cm³/mol. The molecule has 9 heteroatoms. The molecule has 0 saturated carbocycles. The molecule has 1 aliphatic carbocycles. The Bertz CT molecular complexity index is 1000. The Labute approximate surface area is 202 Å². The van der Waals surface area contributed by atoms with E-state index >= 15 is 0 Å². The molecule has 7 nitrogen and oxygen atoms in total. The van der Waals surface area contributed by atoms with E-state index in [1.54, 1.807) is 6.92 Å². The minimum Gasteiger partial charge on any atom is -0.466 e. The molecule has 0 saturated heterocycles. The number of amides is 1. The van der Waals surface area contributed by atoms with Crippen LogP contribution in [0.1, 0.15) is 59.0 Å². The van der Waals surface area contributed by atoms with E-state index < -0.39 is 11.9 Å². The number of fused-ring (bicyclic) bond motifs is 1. The fraction of sp³-hybridized carbons (Fsp3) is 0.417. The lowest BCUT2D eigenvalue weighted by atomic mass is 10.1. The first-order valence-corrected chi connectivity index (χ1v) is 12.3. The number of benzene rings is 1. The van der Waals surface area contributed by atoms with E-state index in [4.69, 9.17) is 21.7 Å². The van der Waals surface area contributed by atoms with Gasteiger partial charge in [0.05, 0.1) is 25.2 Å². The smallest absolute Gasteiger partial charge is 0.341 e. The minimum atomic E-state index is -0.420. The number of thiocarbonyl (C=S) groups is 1. The van der Waals surface area contributed by atoms with Crippen LogP contribution in [0.4, 0.5) is 5.00 Å². The highest BCUT2D eigenvalue weighted by Crippen LogP contribution is 2.39. The molecule has 33 heavy (non-hydrogen) atoms. The number of nitrogens with one attached hydrogen (secondary N) is 2. The second-order valence-corrected chi connectivity index (χ2v) is 9.11. The maximum absolute atomic E-state index is 12.4. The quantitative estimate of drug-likeness (QED) is 0.294. The van der Waals surface area contributed by atoms with Crippen LogP contribution >= 0.6 is 23.6 Å². The van der Waals surface area contributed by atoms with Crippen molar-refractivity contribution in [1.82, 2.24) is 5.32 Å². The molecule has 1 aromatic carbocycles. The minimum absolute atomic E-state index is 0.0266. The number of ether oxygens (including phenoxy) is 2. The van der Waals surface area contributed by atoms with Gasteiger partial charge in [0.15, 0.2) is 5.11 Å². The number of esters is 2. The predicted octanol–water partition coefficient (Wildman–Crippen LogP) is 4.18. The van der Waals surface area contributed by atoms with Crippen molar-refractivity contribution in [2.75, 3.05) is 18.5 Å². The van der Waals surface area contributed by atoms with E-state index in [1.165, 1.54) is 16.9 Å². The molecule has 0 bridgehead atoms. The first kappa shape index (κ1) is 24.9. The van der Waals surface area contributed by atoms with E-state index in [0.29, 0.717) is 17.2 Å². The maximum atomic E-state index is 12.4. The van der Waals surface area contributed by atoms with Crippen LogP contribution in [-0.4, -0.2) is 36.2 Å². The number of anilines is 1. The molecular formula is C24H28N2O5S2. The van der Waals surface area contributed by atoms with Crippen molar-refractivity contribution in [3.63, 3.8) is 0 Å². The number of aryl methyl sites for hydroxylation is 2. The van der Waals surface area contributed by atoms with E-state index in [9.17, 15) is 14.4 Å². The first-order chi connectivity index (χ1) is 16.0. The fourth-order valence-corrected chi connectivity index (χ4v) is 5.19. The first-order valence-electron chi connectivity index (χ1n) is 11.1. The number of carbonyl (C=O) groups is 3. The summed E-state index contributed by atoms with van der Waals surface area (Å²) in [6, 6.07) is 9.97. The molecule has 176 valence electrons. The Morgan fingerprint density at radius 3 is 2.64 bits per heavy atom. The third-order valence-corrected chi connectivity index (χ3v) is 6.56. The van der Waals surface area contributed by atoms with Crippen LogP contribution in [0.3, 0.4) is 0 Å². The van der Waals surface area contributed by atoms with E-state index in [1.807, 2.05) is 30.3 Å².